The summed E-state index contributed by atoms with van der Waals surface area (Å²) in [4.78, 5) is 27.1. The molecule has 6 nitrogen and oxygen atoms in total. The van der Waals surface area contributed by atoms with Crippen LogP contribution in [0.3, 0.4) is 0 Å². The Bertz CT molecular complexity index is 822. The van der Waals surface area contributed by atoms with Crippen LogP contribution in [0.4, 0.5) is 0 Å². The Labute approximate surface area is 186 Å². The van der Waals surface area contributed by atoms with E-state index < -0.39 is 6.04 Å². The maximum atomic E-state index is 13.0. The normalized spacial score (nSPS) is 11.7. The maximum Gasteiger partial charge on any atom is 0.261 e. The second-order valence-electron chi connectivity index (χ2n) is 7.43. The number of nitrogens with one attached hydrogen (secondary N) is 1. The van der Waals surface area contributed by atoms with Crippen LogP contribution in [0.15, 0.2) is 53.0 Å². The molecule has 0 unspecified atom stereocenters. The Morgan fingerprint density at radius 1 is 1.00 bits per heavy atom. The minimum atomic E-state index is -0.626. The topological polar surface area (TPSA) is 67.9 Å². The molecule has 7 heteroatoms. The lowest BCUT2D eigenvalue weighted by molar-refractivity contribution is -0.142. The molecule has 0 saturated heterocycles. The summed E-state index contributed by atoms with van der Waals surface area (Å²) in [5, 5.41) is 2.90. The van der Waals surface area contributed by atoms with Crippen LogP contribution in [-0.4, -0.2) is 43.0 Å². The van der Waals surface area contributed by atoms with Gasteiger partial charge in [-0.05, 0) is 54.8 Å². The Hall–Kier alpha value is -2.54. The zero-order chi connectivity index (χ0) is 22.1. The van der Waals surface area contributed by atoms with E-state index in [-0.39, 0.29) is 18.4 Å². The van der Waals surface area contributed by atoms with Crippen LogP contribution in [0.2, 0.25) is 0 Å². The lowest BCUT2D eigenvalue weighted by Gasteiger charge is -2.29. The quantitative estimate of drug-likeness (QED) is 0.561. The van der Waals surface area contributed by atoms with Gasteiger partial charge in [0.1, 0.15) is 17.5 Å². The van der Waals surface area contributed by atoms with Crippen LogP contribution in [0.1, 0.15) is 26.3 Å². The zero-order valence-electron chi connectivity index (χ0n) is 17.9. The van der Waals surface area contributed by atoms with Crippen molar-refractivity contribution < 1.29 is 19.1 Å². The van der Waals surface area contributed by atoms with Crippen LogP contribution in [0.25, 0.3) is 0 Å². The van der Waals surface area contributed by atoms with Crippen LogP contribution in [0.5, 0.6) is 11.5 Å². The summed E-state index contributed by atoms with van der Waals surface area (Å²) in [5.41, 5.74) is 0.930. The third-order valence-electron chi connectivity index (χ3n) is 4.54. The SMILES string of the molecule is COc1ccc(OCC(=O)N(Cc2ccc(Br)cc2)[C@H](C)C(=O)NCC(C)C)cc1. The van der Waals surface area contributed by atoms with Gasteiger partial charge in [-0.15, -0.1) is 0 Å². The van der Waals surface area contributed by atoms with E-state index in [0.29, 0.717) is 30.5 Å². The summed E-state index contributed by atoms with van der Waals surface area (Å²) in [6.45, 7) is 6.50. The highest BCUT2D eigenvalue weighted by atomic mass is 79.9. The molecule has 0 heterocycles. The number of benzene rings is 2. The van der Waals surface area contributed by atoms with Gasteiger partial charge in [0.25, 0.3) is 5.91 Å². The third kappa shape index (κ3) is 7.37. The number of nitrogens with zero attached hydrogens (tertiary/aromatic N) is 1. The molecule has 0 aliphatic heterocycles. The van der Waals surface area contributed by atoms with Gasteiger partial charge in [-0.2, -0.15) is 0 Å². The molecule has 1 N–H and O–H groups in total. The lowest BCUT2D eigenvalue weighted by Crippen LogP contribution is -2.49. The van der Waals surface area contributed by atoms with Gasteiger partial charge in [0.05, 0.1) is 7.11 Å². The average molecular weight is 477 g/mol. The van der Waals surface area contributed by atoms with E-state index in [9.17, 15) is 9.59 Å². The van der Waals surface area contributed by atoms with E-state index in [1.807, 2.05) is 38.1 Å². The van der Waals surface area contributed by atoms with Crippen molar-refractivity contribution >= 4 is 27.7 Å². The summed E-state index contributed by atoms with van der Waals surface area (Å²) in [5.74, 6) is 1.15. The molecule has 0 radical (unpaired) electrons. The molecule has 2 amide bonds. The number of carbonyl (C=O) groups is 2. The van der Waals surface area contributed by atoms with Crippen molar-refractivity contribution in [3.05, 3.63) is 58.6 Å². The molecular formula is C23H29BrN2O4. The summed E-state index contributed by atoms with van der Waals surface area (Å²) in [7, 11) is 1.59. The number of carbonyl (C=O) groups excluding carboxylic acids is 2. The third-order valence-corrected chi connectivity index (χ3v) is 5.07. The van der Waals surface area contributed by atoms with E-state index in [1.54, 1.807) is 43.2 Å². The first kappa shape index (κ1) is 23.7. The van der Waals surface area contributed by atoms with Gasteiger partial charge < -0.3 is 19.7 Å². The second kappa shape index (κ2) is 11.6. The van der Waals surface area contributed by atoms with E-state index in [0.717, 1.165) is 10.0 Å². The second-order valence-corrected chi connectivity index (χ2v) is 8.34. The average Bonchev–Trinajstić information content (AvgIpc) is 2.75. The number of rotatable bonds is 10. The lowest BCUT2D eigenvalue weighted by atomic mass is 10.1. The molecule has 0 aromatic heterocycles. The van der Waals surface area contributed by atoms with Crippen molar-refractivity contribution in [3.8, 4) is 11.5 Å². The molecule has 0 aliphatic rings. The Morgan fingerprint density at radius 3 is 2.17 bits per heavy atom. The Morgan fingerprint density at radius 2 is 1.60 bits per heavy atom. The van der Waals surface area contributed by atoms with Crippen molar-refractivity contribution in [2.24, 2.45) is 5.92 Å². The molecule has 2 aromatic carbocycles. The number of ether oxygens (including phenoxy) is 2. The summed E-state index contributed by atoms with van der Waals surface area (Å²) >= 11 is 3.41. The highest BCUT2D eigenvalue weighted by molar-refractivity contribution is 9.10. The first-order valence-corrected chi connectivity index (χ1v) is 10.7. The zero-order valence-corrected chi connectivity index (χ0v) is 19.4. The van der Waals surface area contributed by atoms with Crippen molar-refractivity contribution in [1.82, 2.24) is 10.2 Å². The van der Waals surface area contributed by atoms with Crippen molar-refractivity contribution in [1.29, 1.82) is 0 Å². The highest BCUT2D eigenvalue weighted by Crippen LogP contribution is 2.18. The van der Waals surface area contributed by atoms with Crippen molar-refractivity contribution in [2.75, 3.05) is 20.3 Å². The van der Waals surface area contributed by atoms with Gasteiger partial charge in [-0.3, -0.25) is 9.59 Å². The molecular weight excluding hydrogens is 448 g/mol. The Kier molecular flexibility index (Phi) is 9.17. The first-order valence-electron chi connectivity index (χ1n) is 9.88. The van der Waals surface area contributed by atoms with Crippen LogP contribution in [-0.2, 0) is 16.1 Å². The van der Waals surface area contributed by atoms with Crippen molar-refractivity contribution in [2.45, 2.75) is 33.4 Å². The smallest absolute Gasteiger partial charge is 0.261 e. The minimum absolute atomic E-state index is 0.162. The summed E-state index contributed by atoms with van der Waals surface area (Å²) in [6.07, 6.45) is 0. The summed E-state index contributed by atoms with van der Waals surface area (Å²) in [6, 6.07) is 14.1. The van der Waals surface area contributed by atoms with Gasteiger partial charge in [-0.25, -0.2) is 0 Å². The first-order chi connectivity index (χ1) is 14.3. The number of halogens is 1. The van der Waals surface area contributed by atoms with Gasteiger partial charge >= 0.3 is 0 Å². The monoisotopic (exact) mass is 476 g/mol. The van der Waals surface area contributed by atoms with Gasteiger partial charge in [0.15, 0.2) is 6.61 Å². The summed E-state index contributed by atoms with van der Waals surface area (Å²) < 4.78 is 11.7. The largest absolute Gasteiger partial charge is 0.497 e. The fourth-order valence-corrected chi connectivity index (χ4v) is 2.99. The number of amides is 2. The van der Waals surface area contributed by atoms with Gasteiger partial charge in [-0.1, -0.05) is 41.9 Å². The minimum Gasteiger partial charge on any atom is -0.497 e. The van der Waals surface area contributed by atoms with Gasteiger partial charge in [0, 0.05) is 17.6 Å². The Balaban J connectivity index is 2.10. The van der Waals surface area contributed by atoms with Crippen molar-refractivity contribution in [3.63, 3.8) is 0 Å². The number of hydrogen-bond donors (Lipinski definition) is 1. The van der Waals surface area contributed by atoms with E-state index >= 15 is 0 Å². The molecule has 0 aliphatic carbocycles. The molecule has 162 valence electrons. The molecule has 2 rings (SSSR count). The van der Waals surface area contributed by atoms with Crippen LogP contribution < -0.4 is 14.8 Å². The maximum absolute atomic E-state index is 13.0. The van der Waals surface area contributed by atoms with E-state index in [1.165, 1.54) is 0 Å². The van der Waals surface area contributed by atoms with E-state index in [2.05, 4.69) is 21.2 Å². The highest BCUT2D eigenvalue weighted by Gasteiger charge is 2.26. The van der Waals surface area contributed by atoms with Crippen LogP contribution in [0, 0.1) is 5.92 Å². The fraction of sp³-hybridized carbons (Fsp3) is 0.391. The molecule has 0 fully saturated rings. The molecule has 0 saturated carbocycles. The number of methoxy groups -OCH3 is 1. The van der Waals surface area contributed by atoms with Gasteiger partial charge in [0.2, 0.25) is 5.91 Å². The molecule has 1 atom stereocenters. The predicted octanol–water partition coefficient (Wildman–Crippen LogP) is 4.03. The fourth-order valence-electron chi connectivity index (χ4n) is 2.72. The standard InChI is InChI=1S/C23H29BrN2O4/c1-16(2)13-25-23(28)17(3)26(14-18-5-7-19(24)8-6-18)22(27)15-30-21-11-9-20(29-4)10-12-21/h5-12,16-17H,13-15H2,1-4H3,(H,25,28)/t17-/m1/s1. The molecule has 0 spiro atoms. The predicted molar refractivity (Wildman–Crippen MR) is 120 cm³/mol. The van der Waals surface area contributed by atoms with E-state index in [4.69, 9.17) is 9.47 Å². The number of hydrogen-bond acceptors (Lipinski definition) is 4. The molecule has 0 bridgehead atoms. The molecule has 30 heavy (non-hydrogen) atoms. The van der Waals surface area contributed by atoms with Crippen LogP contribution >= 0.6 is 15.9 Å². The molecule has 2 aromatic rings.